The molecule has 0 saturated carbocycles. The minimum Gasteiger partial charge on any atom is -0.488 e. The van der Waals surface area contributed by atoms with Crippen molar-refractivity contribution in [1.29, 1.82) is 0 Å². The van der Waals surface area contributed by atoms with Gasteiger partial charge in [0.15, 0.2) is 0 Å². The molecule has 0 aliphatic heterocycles. The Balaban J connectivity index is 2.73. The molecule has 0 saturated heterocycles. The second-order valence-corrected chi connectivity index (χ2v) is 3.61. The quantitative estimate of drug-likeness (QED) is 0.466. The average molecular weight is 240 g/mol. The molecule has 1 aromatic rings. The summed E-state index contributed by atoms with van der Waals surface area (Å²) in [5.41, 5.74) is 5.78. The van der Waals surface area contributed by atoms with E-state index >= 15 is 0 Å². The van der Waals surface area contributed by atoms with Crippen LogP contribution in [0.4, 0.5) is 11.4 Å². The van der Waals surface area contributed by atoms with E-state index in [0.29, 0.717) is 24.7 Å². The van der Waals surface area contributed by atoms with Crippen molar-refractivity contribution >= 4 is 11.4 Å². The molecule has 2 N–H and O–H groups in total. The van der Waals surface area contributed by atoms with Crippen LogP contribution >= 0.6 is 0 Å². The smallest absolute Gasteiger partial charge is 0.275 e. The van der Waals surface area contributed by atoms with E-state index in [0.717, 1.165) is 0 Å². The third-order valence-electron chi connectivity index (χ3n) is 2.02. The molecule has 1 aromatic carbocycles. The maximum Gasteiger partial charge on any atom is 0.275 e. The van der Waals surface area contributed by atoms with Crippen molar-refractivity contribution in [3.05, 3.63) is 28.3 Å². The molecule has 1 atom stereocenters. The molecule has 0 bridgehead atoms. The number of benzene rings is 1. The molecule has 6 nitrogen and oxygen atoms in total. The maximum atomic E-state index is 10.6. The molecule has 0 aliphatic carbocycles. The molecule has 0 aliphatic rings. The van der Waals surface area contributed by atoms with Crippen molar-refractivity contribution in [2.75, 3.05) is 18.9 Å². The van der Waals surface area contributed by atoms with Crippen molar-refractivity contribution in [2.24, 2.45) is 0 Å². The Morgan fingerprint density at radius 3 is 2.76 bits per heavy atom. The van der Waals surface area contributed by atoms with Gasteiger partial charge in [0.25, 0.3) is 5.69 Å². The number of anilines is 1. The first-order valence-electron chi connectivity index (χ1n) is 5.32. The summed E-state index contributed by atoms with van der Waals surface area (Å²) in [5.74, 6) is 0.379. The summed E-state index contributed by atoms with van der Waals surface area (Å²) in [6.07, 6.45) is -0.184. The van der Waals surface area contributed by atoms with Gasteiger partial charge in [0, 0.05) is 24.4 Å². The van der Waals surface area contributed by atoms with Gasteiger partial charge in [0.05, 0.1) is 17.6 Å². The summed E-state index contributed by atoms with van der Waals surface area (Å²) < 4.78 is 10.7. The van der Waals surface area contributed by atoms with Crippen molar-refractivity contribution in [3.63, 3.8) is 0 Å². The number of nitrogens with two attached hydrogens (primary N) is 1. The molecular formula is C11H16N2O4. The Morgan fingerprint density at radius 1 is 1.47 bits per heavy atom. The number of nitro benzene ring substituents is 1. The van der Waals surface area contributed by atoms with Crippen molar-refractivity contribution in [1.82, 2.24) is 0 Å². The highest BCUT2D eigenvalue weighted by Gasteiger charge is 2.11. The summed E-state index contributed by atoms with van der Waals surface area (Å²) in [7, 11) is 0. The van der Waals surface area contributed by atoms with Crippen LogP contribution in [0.2, 0.25) is 0 Å². The van der Waals surface area contributed by atoms with Gasteiger partial charge >= 0.3 is 0 Å². The lowest BCUT2D eigenvalue weighted by Gasteiger charge is -2.14. The minimum absolute atomic E-state index is 0.0800. The van der Waals surface area contributed by atoms with Crippen LogP contribution in [0, 0.1) is 10.1 Å². The molecule has 0 fully saturated rings. The summed E-state index contributed by atoms with van der Waals surface area (Å²) in [5, 5.41) is 10.6. The fourth-order valence-corrected chi connectivity index (χ4v) is 1.33. The van der Waals surface area contributed by atoms with E-state index in [-0.39, 0.29) is 11.8 Å². The Bertz CT molecular complexity index is 395. The highest BCUT2D eigenvalue weighted by molar-refractivity contribution is 5.53. The van der Waals surface area contributed by atoms with Gasteiger partial charge in [-0.05, 0) is 13.8 Å². The number of hydrogen-bond donors (Lipinski definition) is 1. The van der Waals surface area contributed by atoms with Crippen LogP contribution in [-0.2, 0) is 4.74 Å². The zero-order chi connectivity index (χ0) is 12.8. The monoisotopic (exact) mass is 240 g/mol. The molecule has 0 radical (unpaired) electrons. The van der Waals surface area contributed by atoms with Gasteiger partial charge in [-0.1, -0.05) is 0 Å². The Labute approximate surface area is 99.5 Å². The average Bonchev–Trinajstić information content (AvgIpc) is 2.25. The lowest BCUT2D eigenvalue weighted by molar-refractivity contribution is -0.384. The summed E-state index contributed by atoms with van der Waals surface area (Å²) in [6, 6.07) is 4.19. The van der Waals surface area contributed by atoms with E-state index in [4.69, 9.17) is 15.2 Å². The number of hydrogen-bond acceptors (Lipinski definition) is 5. The third kappa shape index (κ3) is 4.28. The summed E-state index contributed by atoms with van der Waals surface area (Å²) >= 11 is 0. The number of ether oxygens (including phenoxy) is 2. The van der Waals surface area contributed by atoms with Crippen LogP contribution in [-0.4, -0.2) is 24.2 Å². The highest BCUT2D eigenvalue weighted by Crippen LogP contribution is 2.24. The van der Waals surface area contributed by atoms with Gasteiger partial charge < -0.3 is 15.2 Å². The lowest BCUT2D eigenvalue weighted by atomic mass is 10.2. The standard InChI is InChI=1S/C11H16N2O4/c1-3-16-7-8(2)17-11-5-9(12)4-10(6-11)13(14)15/h4-6,8H,3,7,12H2,1-2H3. The highest BCUT2D eigenvalue weighted by atomic mass is 16.6. The number of rotatable bonds is 6. The zero-order valence-electron chi connectivity index (χ0n) is 9.88. The SMILES string of the molecule is CCOCC(C)Oc1cc(N)cc([N+](=O)[O-])c1. The van der Waals surface area contributed by atoms with Gasteiger partial charge in [-0.2, -0.15) is 0 Å². The normalized spacial score (nSPS) is 12.1. The topological polar surface area (TPSA) is 87.6 Å². The second kappa shape index (κ2) is 6.05. The number of nitro groups is 1. The van der Waals surface area contributed by atoms with Gasteiger partial charge in [-0.15, -0.1) is 0 Å². The first kappa shape index (κ1) is 13.2. The van der Waals surface area contributed by atoms with Crippen LogP contribution in [0.15, 0.2) is 18.2 Å². The van der Waals surface area contributed by atoms with Crippen LogP contribution in [0.3, 0.4) is 0 Å². The van der Waals surface area contributed by atoms with E-state index in [1.807, 2.05) is 13.8 Å². The molecule has 0 aromatic heterocycles. The van der Waals surface area contributed by atoms with Gasteiger partial charge in [-0.3, -0.25) is 10.1 Å². The van der Waals surface area contributed by atoms with Crippen LogP contribution in [0.1, 0.15) is 13.8 Å². The van der Waals surface area contributed by atoms with E-state index in [9.17, 15) is 10.1 Å². The molecule has 94 valence electrons. The van der Waals surface area contributed by atoms with Gasteiger partial charge in [-0.25, -0.2) is 0 Å². The molecule has 1 rings (SSSR count). The van der Waals surface area contributed by atoms with E-state index < -0.39 is 4.92 Å². The van der Waals surface area contributed by atoms with E-state index in [1.54, 1.807) is 6.07 Å². The first-order valence-corrected chi connectivity index (χ1v) is 5.32. The fraction of sp³-hybridized carbons (Fsp3) is 0.455. The second-order valence-electron chi connectivity index (χ2n) is 3.61. The molecular weight excluding hydrogens is 224 g/mol. The Kier molecular flexibility index (Phi) is 4.71. The number of nitrogens with zero attached hydrogens (tertiary/aromatic N) is 1. The zero-order valence-corrected chi connectivity index (χ0v) is 9.88. The van der Waals surface area contributed by atoms with Crippen molar-refractivity contribution < 1.29 is 14.4 Å². The molecule has 0 heterocycles. The largest absolute Gasteiger partial charge is 0.488 e. The van der Waals surface area contributed by atoms with Crippen LogP contribution in [0.25, 0.3) is 0 Å². The minimum atomic E-state index is -0.504. The fourth-order valence-electron chi connectivity index (χ4n) is 1.33. The molecule has 0 spiro atoms. The molecule has 1 unspecified atom stereocenters. The first-order chi connectivity index (χ1) is 8.02. The molecule has 6 heteroatoms. The lowest BCUT2D eigenvalue weighted by Crippen LogP contribution is -2.19. The van der Waals surface area contributed by atoms with Gasteiger partial charge in [0.1, 0.15) is 11.9 Å². The number of non-ortho nitro benzene ring substituents is 1. The summed E-state index contributed by atoms with van der Waals surface area (Å²) in [4.78, 5) is 10.1. The van der Waals surface area contributed by atoms with E-state index in [2.05, 4.69) is 0 Å². The van der Waals surface area contributed by atoms with Gasteiger partial charge in [0.2, 0.25) is 0 Å². The predicted molar refractivity (Wildman–Crippen MR) is 64.1 cm³/mol. The summed E-state index contributed by atoms with van der Waals surface area (Å²) in [6.45, 7) is 4.74. The Morgan fingerprint density at radius 2 is 2.18 bits per heavy atom. The predicted octanol–water partition coefficient (Wildman–Crippen LogP) is 1.98. The molecule has 17 heavy (non-hydrogen) atoms. The van der Waals surface area contributed by atoms with Crippen molar-refractivity contribution in [3.8, 4) is 5.75 Å². The number of nitrogen functional groups attached to an aromatic ring is 1. The third-order valence-corrected chi connectivity index (χ3v) is 2.02. The molecule has 0 amide bonds. The van der Waals surface area contributed by atoms with Crippen LogP contribution in [0.5, 0.6) is 5.75 Å². The van der Waals surface area contributed by atoms with Crippen molar-refractivity contribution in [2.45, 2.75) is 20.0 Å². The Hall–Kier alpha value is -1.82. The van der Waals surface area contributed by atoms with E-state index in [1.165, 1.54) is 12.1 Å². The maximum absolute atomic E-state index is 10.6. The van der Waals surface area contributed by atoms with Crippen LogP contribution < -0.4 is 10.5 Å².